The second-order valence-electron chi connectivity index (χ2n) is 16.2. The fraction of sp³-hybridized carbons (Fsp3) is 0.118. The van der Waals surface area contributed by atoms with Gasteiger partial charge in [0.2, 0.25) is 0 Å². The smallest absolute Gasteiger partial charge is 0.164 e. The van der Waals surface area contributed by atoms with Crippen molar-refractivity contribution < 1.29 is 0 Å². The van der Waals surface area contributed by atoms with Crippen LogP contribution in [0.2, 0.25) is 19.6 Å². The van der Waals surface area contributed by atoms with E-state index in [1.807, 2.05) is 24.3 Å². The topological polar surface area (TPSA) is 38.7 Å². The summed E-state index contributed by atoms with van der Waals surface area (Å²) in [6.45, 7) is 11.9. The van der Waals surface area contributed by atoms with Gasteiger partial charge in [0.05, 0.1) is 8.07 Å². The van der Waals surface area contributed by atoms with Crippen LogP contribution in [0.25, 0.3) is 78.7 Å². The Morgan fingerprint density at radius 1 is 0.345 bits per heavy atom. The highest BCUT2D eigenvalue weighted by Crippen LogP contribution is 2.50. The summed E-state index contributed by atoms with van der Waals surface area (Å²) in [5, 5.41) is 1.49. The van der Waals surface area contributed by atoms with Crippen molar-refractivity contribution in [2.75, 3.05) is 0 Å². The van der Waals surface area contributed by atoms with Gasteiger partial charge in [0.25, 0.3) is 0 Å². The van der Waals surface area contributed by atoms with Crippen LogP contribution >= 0.6 is 0 Å². The largest absolute Gasteiger partial charge is 0.208 e. The first kappa shape index (κ1) is 34.5. The lowest BCUT2D eigenvalue weighted by atomic mass is 9.81. The molecule has 0 aliphatic heterocycles. The lowest BCUT2D eigenvalue weighted by Gasteiger charge is -2.23. The van der Waals surface area contributed by atoms with E-state index in [-0.39, 0.29) is 5.41 Å². The first-order valence-electron chi connectivity index (χ1n) is 19.1. The van der Waals surface area contributed by atoms with Crippen molar-refractivity contribution >= 4 is 13.3 Å². The van der Waals surface area contributed by atoms with Crippen LogP contribution in [0.5, 0.6) is 0 Å². The van der Waals surface area contributed by atoms with E-state index >= 15 is 0 Å². The number of benzene rings is 7. The summed E-state index contributed by atoms with van der Waals surface area (Å²) in [5.74, 6) is 1.95. The van der Waals surface area contributed by atoms with Gasteiger partial charge < -0.3 is 0 Å². The third kappa shape index (κ3) is 6.53. The lowest BCUT2D eigenvalue weighted by Crippen LogP contribution is -2.37. The van der Waals surface area contributed by atoms with E-state index in [2.05, 4.69) is 179 Å². The van der Waals surface area contributed by atoms with Crippen LogP contribution in [0.3, 0.4) is 0 Å². The maximum absolute atomic E-state index is 5.11. The van der Waals surface area contributed by atoms with Crippen LogP contribution in [0.15, 0.2) is 170 Å². The van der Waals surface area contributed by atoms with E-state index in [9.17, 15) is 0 Å². The number of aromatic nitrogens is 3. The van der Waals surface area contributed by atoms with Crippen LogP contribution in [-0.4, -0.2) is 23.0 Å². The van der Waals surface area contributed by atoms with Gasteiger partial charge in [0.1, 0.15) is 0 Å². The summed E-state index contributed by atoms with van der Waals surface area (Å²) in [5.41, 5.74) is 15.2. The number of rotatable bonds is 7. The van der Waals surface area contributed by atoms with Crippen LogP contribution < -0.4 is 5.19 Å². The predicted molar refractivity (Wildman–Crippen MR) is 233 cm³/mol. The lowest BCUT2D eigenvalue weighted by molar-refractivity contribution is 0.661. The Balaban J connectivity index is 1.08. The van der Waals surface area contributed by atoms with Gasteiger partial charge in [-0.1, -0.05) is 184 Å². The molecule has 8 aromatic rings. The van der Waals surface area contributed by atoms with Gasteiger partial charge in [0, 0.05) is 22.1 Å². The van der Waals surface area contributed by atoms with E-state index in [1.165, 1.54) is 44.1 Å². The maximum atomic E-state index is 5.11. The minimum absolute atomic E-state index is 0.144. The van der Waals surface area contributed by atoms with Crippen LogP contribution in [0.4, 0.5) is 0 Å². The summed E-state index contributed by atoms with van der Waals surface area (Å²) in [6, 6.07) is 60.9. The van der Waals surface area contributed by atoms with Crippen LogP contribution in [-0.2, 0) is 5.41 Å². The molecule has 0 N–H and O–H groups in total. The molecule has 1 aliphatic carbocycles. The normalized spacial score (nSPS) is 13.0. The third-order valence-corrected chi connectivity index (χ3v) is 13.2. The molecule has 0 radical (unpaired) electrons. The summed E-state index contributed by atoms with van der Waals surface area (Å²) in [4.78, 5) is 15.2. The van der Waals surface area contributed by atoms with Crippen molar-refractivity contribution in [3.05, 3.63) is 181 Å². The molecule has 0 saturated carbocycles. The summed E-state index contributed by atoms with van der Waals surface area (Å²) >= 11 is 0. The molecule has 1 aliphatic rings. The molecule has 266 valence electrons. The highest BCUT2D eigenvalue weighted by atomic mass is 28.3. The molecule has 0 fully saturated rings. The molecular weight excluding hydrogens is 683 g/mol. The molecule has 7 aromatic carbocycles. The molecule has 1 aromatic heterocycles. The fourth-order valence-corrected chi connectivity index (χ4v) is 9.08. The summed E-state index contributed by atoms with van der Waals surface area (Å²) < 4.78 is 0. The Hall–Kier alpha value is -6.23. The van der Waals surface area contributed by atoms with Gasteiger partial charge in [-0.3, -0.25) is 0 Å². The number of nitrogens with zero attached hydrogens (tertiary/aromatic N) is 3. The van der Waals surface area contributed by atoms with Crippen molar-refractivity contribution in [2.24, 2.45) is 0 Å². The second kappa shape index (κ2) is 13.6. The predicted octanol–water partition coefficient (Wildman–Crippen LogP) is 12.7. The molecule has 3 nitrogen and oxygen atoms in total. The summed E-state index contributed by atoms with van der Waals surface area (Å²) in [6.07, 6.45) is 0. The standard InChI is InChI=1S/C51H43N3Si/c1-51(2)46-32-39(35-22-26-43(27-23-35)55(3,4)5)24-28-44(46)45-29-25-40(33-47(45)51)38-19-13-21-42(31-38)50-53-48(36-16-10-7-11-17-36)52-49(54-50)41-20-12-18-37(30-41)34-14-8-6-9-15-34/h6-33H,1-5H3. The van der Waals surface area contributed by atoms with E-state index in [0.29, 0.717) is 17.5 Å². The first-order chi connectivity index (χ1) is 26.6. The molecule has 0 amide bonds. The van der Waals surface area contributed by atoms with Crippen molar-refractivity contribution in [1.82, 2.24) is 15.0 Å². The zero-order valence-electron chi connectivity index (χ0n) is 32.0. The maximum Gasteiger partial charge on any atom is 0.164 e. The minimum Gasteiger partial charge on any atom is -0.208 e. The van der Waals surface area contributed by atoms with Gasteiger partial charge in [-0.05, 0) is 79.9 Å². The highest BCUT2D eigenvalue weighted by Gasteiger charge is 2.36. The molecule has 0 saturated heterocycles. The average Bonchev–Trinajstić information content (AvgIpc) is 3.46. The van der Waals surface area contributed by atoms with Crippen LogP contribution in [0, 0.1) is 0 Å². The monoisotopic (exact) mass is 725 g/mol. The van der Waals surface area contributed by atoms with Crippen LogP contribution in [0.1, 0.15) is 25.0 Å². The quantitative estimate of drug-likeness (QED) is 0.154. The Morgan fingerprint density at radius 2 is 0.709 bits per heavy atom. The Bertz CT molecular complexity index is 2690. The molecular formula is C51H43N3Si. The zero-order chi connectivity index (χ0) is 37.7. The fourth-order valence-electron chi connectivity index (χ4n) is 7.92. The third-order valence-electron chi connectivity index (χ3n) is 11.1. The Morgan fingerprint density at radius 3 is 1.22 bits per heavy atom. The van der Waals surface area contributed by atoms with Gasteiger partial charge in [-0.15, -0.1) is 0 Å². The first-order valence-corrected chi connectivity index (χ1v) is 22.6. The van der Waals surface area contributed by atoms with Gasteiger partial charge in [-0.25, -0.2) is 15.0 Å². The van der Waals surface area contributed by atoms with E-state index in [4.69, 9.17) is 15.0 Å². The van der Waals surface area contributed by atoms with E-state index in [0.717, 1.165) is 33.4 Å². The molecule has 0 atom stereocenters. The van der Waals surface area contributed by atoms with E-state index < -0.39 is 8.07 Å². The molecule has 1 heterocycles. The Kier molecular flexibility index (Phi) is 8.51. The average molecular weight is 726 g/mol. The number of hydrogen-bond acceptors (Lipinski definition) is 3. The number of hydrogen-bond donors (Lipinski definition) is 0. The Labute approximate surface area is 325 Å². The SMILES string of the molecule is CC1(C)c2cc(-c3ccc([Si](C)(C)C)cc3)ccc2-c2ccc(-c3cccc(-c4nc(-c5ccccc5)nc(-c5cccc(-c6ccccc6)c5)n4)c3)cc21. The molecule has 0 spiro atoms. The van der Waals surface area contributed by atoms with Crippen molar-refractivity contribution in [3.63, 3.8) is 0 Å². The van der Waals surface area contributed by atoms with Crippen molar-refractivity contribution in [2.45, 2.75) is 38.9 Å². The zero-order valence-corrected chi connectivity index (χ0v) is 33.0. The highest BCUT2D eigenvalue weighted by molar-refractivity contribution is 6.88. The minimum atomic E-state index is -1.35. The second-order valence-corrected chi connectivity index (χ2v) is 21.3. The molecule has 9 rings (SSSR count). The van der Waals surface area contributed by atoms with Gasteiger partial charge in [-0.2, -0.15) is 0 Å². The van der Waals surface area contributed by atoms with Gasteiger partial charge in [0.15, 0.2) is 17.5 Å². The van der Waals surface area contributed by atoms with Crippen molar-refractivity contribution in [1.29, 1.82) is 0 Å². The molecule has 0 bridgehead atoms. The summed E-state index contributed by atoms with van der Waals surface area (Å²) in [7, 11) is -1.35. The number of fused-ring (bicyclic) bond motifs is 3. The molecule has 55 heavy (non-hydrogen) atoms. The molecule has 0 unspecified atom stereocenters. The van der Waals surface area contributed by atoms with Gasteiger partial charge >= 0.3 is 0 Å². The molecule has 4 heteroatoms. The van der Waals surface area contributed by atoms with E-state index in [1.54, 1.807) is 0 Å². The van der Waals surface area contributed by atoms with Crippen molar-refractivity contribution in [3.8, 4) is 78.7 Å².